The van der Waals surface area contributed by atoms with Crippen LogP contribution in [0.3, 0.4) is 0 Å². The van der Waals surface area contributed by atoms with Crippen molar-refractivity contribution in [3.8, 4) is 11.5 Å². The quantitative estimate of drug-likeness (QED) is 0.533. The number of alkyl halides is 2. The highest BCUT2D eigenvalue weighted by Crippen LogP contribution is 2.29. The summed E-state index contributed by atoms with van der Waals surface area (Å²) in [6.07, 6.45) is 1.57. The Kier molecular flexibility index (Phi) is 6.56. The van der Waals surface area contributed by atoms with Crippen molar-refractivity contribution in [2.75, 3.05) is 5.32 Å². The summed E-state index contributed by atoms with van der Waals surface area (Å²) in [5, 5.41) is 7.12. The predicted octanol–water partition coefficient (Wildman–Crippen LogP) is 5.39. The van der Waals surface area contributed by atoms with E-state index in [0.29, 0.717) is 16.5 Å². The van der Waals surface area contributed by atoms with Gasteiger partial charge < -0.3 is 14.8 Å². The van der Waals surface area contributed by atoms with Crippen LogP contribution in [-0.2, 0) is 6.73 Å². The third-order valence-corrected chi connectivity index (χ3v) is 4.33. The molecule has 1 amide bonds. The average molecular weight is 442 g/mol. The Morgan fingerprint density at radius 3 is 2.66 bits per heavy atom. The number of nitrogens with zero attached hydrogens (tertiary/aromatic N) is 2. The summed E-state index contributed by atoms with van der Waals surface area (Å²) in [5.41, 5.74) is 1.43. The minimum absolute atomic E-state index is 0.0575. The monoisotopic (exact) mass is 441 g/mol. The van der Waals surface area contributed by atoms with Gasteiger partial charge in [0.25, 0.3) is 5.91 Å². The number of anilines is 1. The molecule has 1 N–H and O–H groups in total. The number of carbonyl (C=O) groups excluding carboxylic acids is 1. The van der Waals surface area contributed by atoms with Gasteiger partial charge in [0.05, 0.1) is 10.0 Å². The number of ether oxygens (including phenoxy) is 2. The van der Waals surface area contributed by atoms with Crippen LogP contribution in [0.4, 0.5) is 14.5 Å². The number of nitrogens with one attached hydrogen (secondary N) is 1. The van der Waals surface area contributed by atoms with Crippen LogP contribution in [0, 0.1) is 6.92 Å². The second-order valence-corrected chi connectivity index (χ2v) is 6.74. The largest absolute Gasteiger partial charge is 0.470 e. The number of aryl methyl sites for hydroxylation is 1. The molecule has 0 aliphatic rings. The second-order valence-electron chi connectivity index (χ2n) is 5.93. The van der Waals surface area contributed by atoms with Gasteiger partial charge in [-0.2, -0.15) is 13.9 Å². The van der Waals surface area contributed by atoms with Crippen LogP contribution in [0.25, 0.3) is 0 Å². The van der Waals surface area contributed by atoms with Gasteiger partial charge in [-0.1, -0.05) is 29.3 Å². The Morgan fingerprint density at radius 2 is 1.93 bits per heavy atom. The lowest BCUT2D eigenvalue weighted by atomic mass is 10.2. The zero-order valence-corrected chi connectivity index (χ0v) is 16.5. The molecule has 0 saturated carbocycles. The number of benzene rings is 2. The van der Waals surface area contributed by atoms with Gasteiger partial charge in [0, 0.05) is 11.9 Å². The fourth-order valence-electron chi connectivity index (χ4n) is 2.38. The zero-order chi connectivity index (χ0) is 21.0. The summed E-state index contributed by atoms with van der Waals surface area (Å²) in [6.45, 7) is -1.02. The van der Waals surface area contributed by atoms with E-state index in [-0.39, 0.29) is 23.2 Å². The molecule has 1 heterocycles. The predicted molar refractivity (Wildman–Crippen MR) is 105 cm³/mol. The van der Waals surface area contributed by atoms with Gasteiger partial charge in [0.1, 0.15) is 11.5 Å². The Labute approximate surface area is 174 Å². The van der Waals surface area contributed by atoms with E-state index in [2.05, 4.69) is 15.2 Å². The van der Waals surface area contributed by atoms with Crippen LogP contribution in [-0.4, -0.2) is 22.3 Å². The van der Waals surface area contributed by atoms with Crippen LogP contribution in [0.15, 0.2) is 48.7 Å². The van der Waals surface area contributed by atoms with E-state index >= 15 is 0 Å². The first kappa shape index (κ1) is 20.9. The summed E-state index contributed by atoms with van der Waals surface area (Å²) in [7, 11) is 0. The van der Waals surface area contributed by atoms with Crippen LogP contribution >= 0.6 is 23.2 Å². The molecule has 0 atom stereocenters. The fraction of sp³-hybridized carbons (Fsp3) is 0.158. The fourth-order valence-corrected chi connectivity index (χ4v) is 2.77. The maximum atomic E-state index is 12.3. The maximum absolute atomic E-state index is 12.3. The molecule has 0 saturated heterocycles. The molecule has 3 aromatic rings. The molecule has 10 heteroatoms. The van der Waals surface area contributed by atoms with E-state index in [0.717, 1.165) is 5.56 Å². The first-order valence-corrected chi connectivity index (χ1v) is 9.05. The van der Waals surface area contributed by atoms with Crippen molar-refractivity contribution in [1.29, 1.82) is 0 Å². The molecule has 0 spiro atoms. The molecule has 0 aliphatic heterocycles. The van der Waals surface area contributed by atoms with Gasteiger partial charge >= 0.3 is 6.61 Å². The van der Waals surface area contributed by atoms with Crippen molar-refractivity contribution in [2.24, 2.45) is 0 Å². The standard InChI is InChI=1S/C19H15Cl2F2N3O3/c1-11-2-4-13(20)17(8-11)28-10-26-7-6-15(25-26)18(27)24-12-3-5-16(14(21)9-12)29-19(22)23/h2-9,19H,10H2,1H3,(H,24,27). The molecule has 29 heavy (non-hydrogen) atoms. The van der Waals surface area contributed by atoms with E-state index in [1.807, 2.05) is 13.0 Å². The summed E-state index contributed by atoms with van der Waals surface area (Å²) in [4.78, 5) is 12.3. The minimum atomic E-state index is -2.99. The van der Waals surface area contributed by atoms with Crippen LogP contribution in [0.2, 0.25) is 10.0 Å². The van der Waals surface area contributed by atoms with Crippen LogP contribution in [0.1, 0.15) is 16.1 Å². The average Bonchev–Trinajstić information content (AvgIpc) is 3.13. The smallest absolute Gasteiger partial charge is 0.387 e. The number of amides is 1. The van der Waals surface area contributed by atoms with Crippen molar-refractivity contribution in [3.63, 3.8) is 0 Å². The molecule has 0 fully saturated rings. The molecule has 0 bridgehead atoms. The maximum Gasteiger partial charge on any atom is 0.387 e. The summed E-state index contributed by atoms with van der Waals surface area (Å²) in [6, 6.07) is 10.8. The van der Waals surface area contributed by atoms with E-state index in [1.165, 1.54) is 28.9 Å². The third-order valence-electron chi connectivity index (χ3n) is 3.72. The van der Waals surface area contributed by atoms with Gasteiger partial charge in [-0.15, -0.1) is 0 Å². The van der Waals surface area contributed by atoms with Crippen LogP contribution in [0.5, 0.6) is 11.5 Å². The number of rotatable bonds is 7. The van der Waals surface area contributed by atoms with E-state index in [9.17, 15) is 13.6 Å². The van der Waals surface area contributed by atoms with E-state index in [1.54, 1.807) is 18.3 Å². The SMILES string of the molecule is Cc1ccc(Cl)c(OCn2ccc(C(=O)Nc3ccc(OC(F)F)c(Cl)c3)n2)c1. The highest BCUT2D eigenvalue weighted by molar-refractivity contribution is 6.32. The lowest BCUT2D eigenvalue weighted by Gasteiger charge is -2.09. The van der Waals surface area contributed by atoms with E-state index in [4.69, 9.17) is 27.9 Å². The molecular formula is C19H15Cl2F2N3O3. The van der Waals surface area contributed by atoms with Crippen molar-refractivity contribution < 1.29 is 23.0 Å². The molecule has 3 rings (SSSR count). The third kappa shape index (κ3) is 5.58. The Bertz CT molecular complexity index is 1030. The van der Waals surface area contributed by atoms with Crippen molar-refractivity contribution >= 4 is 34.8 Å². The molecule has 1 aromatic heterocycles. The highest BCUT2D eigenvalue weighted by Gasteiger charge is 2.13. The lowest BCUT2D eigenvalue weighted by molar-refractivity contribution is -0.0497. The first-order valence-electron chi connectivity index (χ1n) is 8.30. The first-order chi connectivity index (χ1) is 13.8. The number of halogens is 4. The molecular weight excluding hydrogens is 427 g/mol. The Balaban J connectivity index is 1.62. The minimum Gasteiger partial charge on any atom is -0.470 e. The highest BCUT2D eigenvalue weighted by atomic mass is 35.5. The molecule has 6 nitrogen and oxygen atoms in total. The molecule has 2 aromatic carbocycles. The van der Waals surface area contributed by atoms with Gasteiger partial charge in [-0.3, -0.25) is 4.79 Å². The molecule has 152 valence electrons. The lowest BCUT2D eigenvalue weighted by Crippen LogP contribution is -2.14. The number of aromatic nitrogens is 2. The summed E-state index contributed by atoms with van der Waals surface area (Å²) >= 11 is 12.0. The van der Waals surface area contributed by atoms with Gasteiger partial charge in [0.15, 0.2) is 12.4 Å². The zero-order valence-electron chi connectivity index (χ0n) is 15.0. The van der Waals surface area contributed by atoms with E-state index < -0.39 is 12.5 Å². The normalized spacial score (nSPS) is 10.8. The number of carbonyl (C=O) groups is 1. The van der Waals surface area contributed by atoms with Crippen molar-refractivity contribution in [1.82, 2.24) is 9.78 Å². The molecule has 0 unspecified atom stereocenters. The topological polar surface area (TPSA) is 65.4 Å². The Hall–Kier alpha value is -2.84. The van der Waals surface area contributed by atoms with Gasteiger partial charge in [-0.25, -0.2) is 4.68 Å². The number of hydrogen-bond acceptors (Lipinski definition) is 4. The van der Waals surface area contributed by atoms with Crippen molar-refractivity contribution in [3.05, 3.63) is 70.0 Å². The van der Waals surface area contributed by atoms with Gasteiger partial charge in [0.2, 0.25) is 0 Å². The molecule has 0 aliphatic carbocycles. The Morgan fingerprint density at radius 1 is 1.14 bits per heavy atom. The molecule has 0 radical (unpaired) electrons. The summed E-state index contributed by atoms with van der Waals surface area (Å²) < 4.78 is 35.8. The summed E-state index contributed by atoms with van der Waals surface area (Å²) in [5.74, 6) is -0.180. The van der Waals surface area contributed by atoms with Gasteiger partial charge in [-0.05, 0) is 48.9 Å². The van der Waals surface area contributed by atoms with Crippen molar-refractivity contribution in [2.45, 2.75) is 20.3 Å². The second kappa shape index (κ2) is 9.11. The van der Waals surface area contributed by atoms with Crippen LogP contribution < -0.4 is 14.8 Å². The number of hydrogen-bond donors (Lipinski definition) is 1.